The molecule has 1 N–H and O–H groups in total. The van der Waals surface area contributed by atoms with Crippen LogP contribution < -0.4 is 5.32 Å². The lowest BCUT2D eigenvalue weighted by atomic mass is 9.96. The molecule has 0 aromatic carbocycles. The zero-order chi connectivity index (χ0) is 21.9. The van der Waals surface area contributed by atoms with Crippen LogP contribution in [-0.4, -0.2) is 73.6 Å². The van der Waals surface area contributed by atoms with Crippen LogP contribution in [0.3, 0.4) is 0 Å². The van der Waals surface area contributed by atoms with Crippen molar-refractivity contribution >= 4 is 22.0 Å². The van der Waals surface area contributed by atoms with E-state index in [9.17, 15) is 18.5 Å². The molecule has 30 heavy (non-hydrogen) atoms. The number of nitriles is 1. The summed E-state index contributed by atoms with van der Waals surface area (Å²) < 4.78 is 34.5. The molecule has 0 atom stereocenters. The predicted octanol–water partition coefficient (Wildman–Crippen LogP) is 1.83. The van der Waals surface area contributed by atoms with E-state index in [0.29, 0.717) is 43.1 Å². The zero-order valence-corrected chi connectivity index (χ0v) is 18.8. The van der Waals surface area contributed by atoms with Crippen molar-refractivity contribution in [2.24, 2.45) is 0 Å². The topological polar surface area (TPSA) is 110 Å². The standard InChI is InChI=1S/C20H31N5O4S/c1-15-16(2)29-20(18(15)13-21)22-19(26)14-24-9-11-25(12-10-24)30(27,28)23(3)17-7-5-4-6-8-17/h17H,4-12,14H2,1-3H3,(H,22,26). The summed E-state index contributed by atoms with van der Waals surface area (Å²) in [4.78, 5) is 14.3. The lowest BCUT2D eigenvalue weighted by Crippen LogP contribution is -2.55. The van der Waals surface area contributed by atoms with Crippen molar-refractivity contribution in [2.45, 2.75) is 52.0 Å². The van der Waals surface area contributed by atoms with E-state index in [1.54, 1.807) is 25.2 Å². The third-order valence-corrected chi connectivity index (χ3v) is 8.27. The van der Waals surface area contributed by atoms with Gasteiger partial charge in [-0.2, -0.15) is 22.3 Å². The second-order valence-electron chi connectivity index (χ2n) is 8.14. The monoisotopic (exact) mass is 437 g/mol. The Balaban J connectivity index is 1.52. The highest BCUT2D eigenvalue weighted by atomic mass is 32.2. The number of hydrogen-bond acceptors (Lipinski definition) is 6. The van der Waals surface area contributed by atoms with Crippen LogP contribution in [0, 0.1) is 25.2 Å². The fourth-order valence-electron chi connectivity index (χ4n) is 4.15. The molecular formula is C20H31N5O4S. The minimum atomic E-state index is -3.48. The number of furan rings is 1. The maximum atomic E-state index is 13.0. The second-order valence-corrected chi connectivity index (χ2v) is 10.1. The van der Waals surface area contributed by atoms with Gasteiger partial charge in [0.15, 0.2) is 0 Å². The Morgan fingerprint density at radius 2 is 1.83 bits per heavy atom. The summed E-state index contributed by atoms with van der Waals surface area (Å²) in [5.41, 5.74) is 1.05. The normalized spacial score (nSPS) is 19.7. The Labute approximate surface area is 178 Å². The number of hydrogen-bond donors (Lipinski definition) is 1. The summed E-state index contributed by atoms with van der Waals surface area (Å²) in [5, 5.41) is 11.9. The van der Waals surface area contributed by atoms with Crippen LogP contribution in [-0.2, 0) is 15.0 Å². The number of carbonyl (C=O) groups excluding carboxylic acids is 1. The van der Waals surface area contributed by atoms with Gasteiger partial charge in [0.05, 0.1) is 6.54 Å². The van der Waals surface area contributed by atoms with E-state index in [-0.39, 0.29) is 24.4 Å². The molecule has 1 aliphatic heterocycles. The third kappa shape index (κ3) is 4.86. The molecule has 2 fully saturated rings. The highest BCUT2D eigenvalue weighted by Crippen LogP contribution is 2.26. The molecule has 9 nitrogen and oxygen atoms in total. The summed E-state index contributed by atoms with van der Waals surface area (Å²) in [6.45, 7) is 5.31. The van der Waals surface area contributed by atoms with E-state index in [1.165, 1.54) is 10.7 Å². The molecule has 0 spiro atoms. The van der Waals surface area contributed by atoms with Gasteiger partial charge in [0.25, 0.3) is 10.2 Å². The highest BCUT2D eigenvalue weighted by Gasteiger charge is 2.34. The second kappa shape index (κ2) is 9.47. The van der Waals surface area contributed by atoms with Crippen LogP contribution in [0.2, 0.25) is 0 Å². The van der Waals surface area contributed by atoms with Crippen LogP contribution in [0.25, 0.3) is 0 Å². The van der Waals surface area contributed by atoms with Crippen LogP contribution in [0.1, 0.15) is 49.0 Å². The van der Waals surface area contributed by atoms with E-state index in [0.717, 1.165) is 25.7 Å². The van der Waals surface area contributed by atoms with Crippen molar-refractivity contribution in [1.29, 1.82) is 5.26 Å². The Kier molecular flexibility index (Phi) is 7.18. The van der Waals surface area contributed by atoms with Gasteiger partial charge < -0.3 is 4.42 Å². The van der Waals surface area contributed by atoms with Gasteiger partial charge in [0.2, 0.25) is 11.8 Å². The fraction of sp³-hybridized carbons (Fsp3) is 0.700. The number of aryl methyl sites for hydroxylation is 1. The van der Waals surface area contributed by atoms with E-state index in [1.807, 2.05) is 4.90 Å². The first-order chi connectivity index (χ1) is 14.2. The molecule has 2 aliphatic rings. The van der Waals surface area contributed by atoms with Crippen molar-refractivity contribution in [3.63, 3.8) is 0 Å². The SMILES string of the molecule is Cc1oc(NC(=O)CN2CCN(S(=O)(=O)N(C)C3CCCCC3)CC2)c(C#N)c1C. The summed E-state index contributed by atoms with van der Waals surface area (Å²) in [5.74, 6) is 0.492. The zero-order valence-electron chi connectivity index (χ0n) is 18.0. The average Bonchev–Trinajstić information content (AvgIpc) is 3.00. The number of piperazine rings is 1. The van der Waals surface area contributed by atoms with Crippen LogP contribution in [0.5, 0.6) is 0 Å². The molecule has 2 heterocycles. The van der Waals surface area contributed by atoms with Crippen LogP contribution in [0.4, 0.5) is 5.88 Å². The van der Waals surface area contributed by atoms with Gasteiger partial charge in [0.1, 0.15) is 17.4 Å². The molecule has 1 saturated heterocycles. The lowest BCUT2D eigenvalue weighted by Gasteiger charge is -2.38. The van der Waals surface area contributed by atoms with Crippen molar-refractivity contribution in [1.82, 2.24) is 13.5 Å². The maximum Gasteiger partial charge on any atom is 0.282 e. The van der Waals surface area contributed by atoms with Crippen LogP contribution in [0.15, 0.2) is 4.42 Å². The summed E-state index contributed by atoms with van der Waals surface area (Å²) in [6.07, 6.45) is 5.18. The fourth-order valence-corrected chi connectivity index (χ4v) is 5.73. The smallest absolute Gasteiger partial charge is 0.282 e. The molecule has 0 unspecified atom stereocenters. The van der Waals surface area contributed by atoms with Crippen LogP contribution >= 0.6 is 0 Å². The number of nitrogens with zero attached hydrogens (tertiary/aromatic N) is 4. The van der Waals surface area contributed by atoms with Gasteiger partial charge in [-0.05, 0) is 26.7 Å². The Bertz CT molecular complexity index is 906. The molecule has 0 bridgehead atoms. The van der Waals surface area contributed by atoms with Crippen molar-refractivity contribution in [3.05, 3.63) is 16.9 Å². The minimum Gasteiger partial charge on any atom is -0.444 e. The summed E-state index contributed by atoms with van der Waals surface area (Å²) in [7, 11) is -1.80. The van der Waals surface area contributed by atoms with Crippen molar-refractivity contribution in [3.8, 4) is 6.07 Å². The number of amides is 1. The van der Waals surface area contributed by atoms with Gasteiger partial charge in [-0.15, -0.1) is 0 Å². The molecule has 3 rings (SSSR count). The summed E-state index contributed by atoms with van der Waals surface area (Å²) >= 11 is 0. The largest absolute Gasteiger partial charge is 0.444 e. The molecule has 1 amide bonds. The first kappa shape index (κ1) is 22.7. The first-order valence-corrected chi connectivity index (χ1v) is 11.9. The molecule has 1 aliphatic carbocycles. The number of nitrogens with one attached hydrogen (secondary N) is 1. The van der Waals surface area contributed by atoms with E-state index < -0.39 is 10.2 Å². The quantitative estimate of drug-likeness (QED) is 0.727. The van der Waals surface area contributed by atoms with Gasteiger partial charge in [-0.3, -0.25) is 15.0 Å². The molecule has 1 aromatic rings. The van der Waals surface area contributed by atoms with E-state index >= 15 is 0 Å². The van der Waals surface area contributed by atoms with Gasteiger partial charge in [0, 0.05) is 44.8 Å². The lowest BCUT2D eigenvalue weighted by molar-refractivity contribution is -0.117. The molecule has 1 saturated carbocycles. The predicted molar refractivity (Wildman–Crippen MR) is 113 cm³/mol. The number of carbonyl (C=O) groups is 1. The Morgan fingerprint density at radius 3 is 2.43 bits per heavy atom. The van der Waals surface area contributed by atoms with Crippen molar-refractivity contribution in [2.75, 3.05) is 45.1 Å². The minimum absolute atomic E-state index is 0.0853. The Hall–Kier alpha value is -1.93. The van der Waals surface area contributed by atoms with Gasteiger partial charge in [-0.1, -0.05) is 19.3 Å². The Morgan fingerprint density at radius 1 is 1.20 bits per heavy atom. The van der Waals surface area contributed by atoms with Crippen molar-refractivity contribution < 1.29 is 17.6 Å². The van der Waals surface area contributed by atoms with E-state index in [4.69, 9.17) is 4.42 Å². The average molecular weight is 438 g/mol. The third-order valence-electron chi connectivity index (χ3n) is 6.23. The molecule has 10 heteroatoms. The molecular weight excluding hydrogens is 406 g/mol. The number of anilines is 1. The first-order valence-electron chi connectivity index (χ1n) is 10.5. The highest BCUT2D eigenvalue weighted by molar-refractivity contribution is 7.86. The van der Waals surface area contributed by atoms with E-state index in [2.05, 4.69) is 11.4 Å². The van der Waals surface area contributed by atoms with Gasteiger partial charge in [-0.25, -0.2) is 0 Å². The molecule has 0 radical (unpaired) electrons. The van der Waals surface area contributed by atoms with Gasteiger partial charge >= 0.3 is 0 Å². The molecule has 166 valence electrons. The summed E-state index contributed by atoms with van der Waals surface area (Å²) in [6, 6.07) is 2.14. The molecule has 1 aromatic heterocycles. The number of rotatable bonds is 6. The maximum absolute atomic E-state index is 13.0.